The van der Waals surface area contributed by atoms with E-state index in [1.165, 1.54) is 0 Å². The minimum Gasteiger partial charge on any atom is -0.497 e. The van der Waals surface area contributed by atoms with Gasteiger partial charge in [0.05, 0.1) is 12.6 Å². The fourth-order valence-electron chi connectivity index (χ4n) is 2.23. The molecule has 0 aliphatic rings. The Morgan fingerprint density at radius 1 is 1.00 bits per heavy atom. The third-order valence-electron chi connectivity index (χ3n) is 3.28. The van der Waals surface area contributed by atoms with Crippen molar-refractivity contribution in [2.24, 2.45) is 0 Å². The molecule has 2 aromatic heterocycles. The van der Waals surface area contributed by atoms with Gasteiger partial charge in [-0.25, -0.2) is 4.98 Å². The lowest BCUT2D eigenvalue weighted by Crippen LogP contribution is -1.94. The average Bonchev–Trinajstić information content (AvgIpc) is 2.49. The third kappa shape index (κ3) is 2.65. The summed E-state index contributed by atoms with van der Waals surface area (Å²) in [5.74, 6) is 2.13. The van der Waals surface area contributed by atoms with Gasteiger partial charge < -0.3 is 9.47 Å². The van der Waals surface area contributed by atoms with E-state index in [1.54, 1.807) is 19.5 Å². The Kier molecular flexibility index (Phi) is 3.44. The van der Waals surface area contributed by atoms with Gasteiger partial charge in [-0.05, 0) is 43.7 Å². The summed E-state index contributed by atoms with van der Waals surface area (Å²) in [7, 11) is 1.64. The third-order valence-corrected chi connectivity index (χ3v) is 3.28. The minimum atomic E-state index is 0.615. The van der Waals surface area contributed by atoms with Crippen LogP contribution >= 0.6 is 0 Å². The van der Waals surface area contributed by atoms with Gasteiger partial charge in [-0.2, -0.15) is 0 Å². The second-order valence-electron chi connectivity index (χ2n) is 4.93. The minimum absolute atomic E-state index is 0.615. The molecule has 0 fully saturated rings. The van der Waals surface area contributed by atoms with Gasteiger partial charge in [0.1, 0.15) is 11.5 Å². The molecule has 2 heterocycles. The van der Waals surface area contributed by atoms with Crippen molar-refractivity contribution in [1.29, 1.82) is 0 Å². The van der Waals surface area contributed by atoms with E-state index < -0.39 is 0 Å². The van der Waals surface area contributed by atoms with Gasteiger partial charge in [0, 0.05) is 29.4 Å². The van der Waals surface area contributed by atoms with Gasteiger partial charge in [0.25, 0.3) is 0 Å². The van der Waals surface area contributed by atoms with Crippen LogP contribution < -0.4 is 9.47 Å². The van der Waals surface area contributed by atoms with Crippen LogP contribution in [0.4, 0.5) is 0 Å². The van der Waals surface area contributed by atoms with Crippen LogP contribution in [0.25, 0.3) is 10.9 Å². The fourth-order valence-corrected chi connectivity index (χ4v) is 2.23. The Balaban J connectivity index is 2.04. The maximum absolute atomic E-state index is 5.96. The molecule has 0 unspecified atom stereocenters. The second-order valence-corrected chi connectivity index (χ2v) is 4.93. The van der Waals surface area contributed by atoms with Crippen LogP contribution in [0.1, 0.15) is 11.1 Å². The summed E-state index contributed by atoms with van der Waals surface area (Å²) in [4.78, 5) is 8.69. The highest BCUT2D eigenvalue weighted by molar-refractivity contribution is 5.86. The number of ether oxygens (including phenoxy) is 2. The summed E-state index contributed by atoms with van der Waals surface area (Å²) in [6.45, 7) is 4.00. The van der Waals surface area contributed by atoms with Crippen molar-refractivity contribution in [2.45, 2.75) is 13.8 Å². The van der Waals surface area contributed by atoms with Crippen LogP contribution in [0.3, 0.4) is 0 Å². The van der Waals surface area contributed by atoms with Gasteiger partial charge in [0.15, 0.2) is 0 Å². The number of pyridine rings is 2. The first-order valence-electron chi connectivity index (χ1n) is 6.71. The molecule has 0 N–H and O–H groups in total. The Labute approximate surface area is 123 Å². The summed E-state index contributed by atoms with van der Waals surface area (Å²) in [6.07, 6.45) is 3.52. The van der Waals surface area contributed by atoms with Crippen LogP contribution in [0.15, 0.2) is 42.7 Å². The summed E-state index contributed by atoms with van der Waals surface area (Å²) in [5, 5.41) is 0.931. The van der Waals surface area contributed by atoms with E-state index in [4.69, 9.17) is 9.47 Å². The molecule has 4 nitrogen and oxygen atoms in total. The fraction of sp³-hybridized carbons (Fsp3) is 0.176. The summed E-state index contributed by atoms with van der Waals surface area (Å²) in [6, 6.07) is 9.62. The number of aromatic nitrogens is 2. The maximum Gasteiger partial charge on any atom is 0.222 e. The first-order chi connectivity index (χ1) is 10.2. The molecule has 0 bridgehead atoms. The van der Waals surface area contributed by atoms with E-state index >= 15 is 0 Å². The normalized spacial score (nSPS) is 10.6. The number of rotatable bonds is 3. The van der Waals surface area contributed by atoms with E-state index in [1.807, 2.05) is 38.1 Å². The standard InChI is InChI=1S/C17H16N2O2/c1-11-8-12(2)17(19-10-11)21-16-6-7-18-15-9-13(20-3)4-5-14(15)16/h4-10H,1-3H3. The van der Waals surface area contributed by atoms with Gasteiger partial charge in [-0.15, -0.1) is 0 Å². The molecule has 0 spiro atoms. The van der Waals surface area contributed by atoms with Crippen LogP contribution in [0.5, 0.6) is 17.4 Å². The zero-order valence-electron chi connectivity index (χ0n) is 12.3. The van der Waals surface area contributed by atoms with Crippen molar-refractivity contribution in [3.8, 4) is 17.4 Å². The molecule has 3 rings (SSSR count). The molecule has 1 aromatic carbocycles. The van der Waals surface area contributed by atoms with Crippen molar-refractivity contribution in [3.63, 3.8) is 0 Å². The lowest BCUT2D eigenvalue weighted by atomic mass is 10.2. The van der Waals surface area contributed by atoms with Crippen molar-refractivity contribution in [1.82, 2.24) is 9.97 Å². The topological polar surface area (TPSA) is 44.2 Å². The van der Waals surface area contributed by atoms with Crippen molar-refractivity contribution >= 4 is 10.9 Å². The Morgan fingerprint density at radius 3 is 2.62 bits per heavy atom. The Hall–Kier alpha value is -2.62. The first kappa shape index (κ1) is 13.4. The van der Waals surface area contributed by atoms with E-state index in [0.717, 1.165) is 33.5 Å². The van der Waals surface area contributed by atoms with Gasteiger partial charge in [0.2, 0.25) is 5.88 Å². The predicted octanol–water partition coefficient (Wildman–Crippen LogP) is 4.05. The molecule has 106 valence electrons. The number of benzene rings is 1. The zero-order valence-corrected chi connectivity index (χ0v) is 12.3. The molecule has 0 atom stereocenters. The molecule has 0 saturated heterocycles. The van der Waals surface area contributed by atoms with Gasteiger partial charge in [-0.1, -0.05) is 0 Å². The van der Waals surface area contributed by atoms with Crippen LogP contribution in [-0.2, 0) is 0 Å². The molecule has 0 aliphatic heterocycles. The Morgan fingerprint density at radius 2 is 1.86 bits per heavy atom. The molecule has 0 amide bonds. The molecule has 0 saturated carbocycles. The number of nitrogens with zero attached hydrogens (tertiary/aromatic N) is 2. The van der Waals surface area contributed by atoms with Crippen LogP contribution in [0.2, 0.25) is 0 Å². The number of methoxy groups -OCH3 is 1. The van der Waals surface area contributed by atoms with Crippen LogP contribution in [-0.4, -0.2) is 17.1 Å². The highest BCUT2D eigenvalue weighted by atomic mass is 16.5. The molecular formula is C17H16N2O2. The quantitative estimate of drug-likeness (QED) is 0.726. The average molecular weight is 280 g/mol. The number of aryl methyl sites for hydroxylation is 2. The van der Waals surface area contributed by atoms with Crippen molar-refractivity contribution in [3.05, 3.63) is 53.9 Å². The second kappa shape index (κ2) is 5.40. The number of hydrogen-bond acceptors (Lipinski definition) is 4. The monoisotopic (exact) mass is 280 g/mol. The van der Waals surface area contributed by atoms with E-state index in [9.17, 15) is 0 Å². The predicted molar refractivity (Wildman–Crippen MR) is 82.1 cm³/mol. The summed E-state index contributed by atoms with van der Waals surface area (Å²) in [5.41, 5.74) is 2.95. The molecule has 3 aromatic rings. The van der Waals surface area contributed by atoms with E-state index in [0.29, 0.717) is 5.88 Å². The van der Waals surface area contributed by atoms with Crippen LogP contribution in [0, 0.1) is 13.8 Å². The SMILES string of the molecule is COc1ccc2c(Oc3ncc(C)cc3C)ccnc2c1. The smallest absolute Gasteiger partial charge is 0.222 e. The number of hydrogen-bond donors (Lipinski definition) is 0. The van der Waals surface area contributed by atoms with Crippen molar-refractivity contribution < 1.29 is 9.47 Å². The summed E-state index contributed by atoms with van der Waals surface area (Å²) >= 11 is 0. The molecule has 0 aliphatic carbocycles. The number of fused-ring (bicyclic) bond motifs is 1. The largest absolute Gasteiger partial charge is 0.497 e. The maximum atomic E-state index is 5.96. The van der Waals surface area contributed by atoms with Gasteiger partial charge in [-0.3, -0.25) is 4.98 Å². The van der Waals surface area contributed by atoms with E-state index in [-0.39, 0.29) is 0 Å². The van der Waals surface area contributed by atoms with Crippen molar-refractivity contribution in [2.75, 3.05) is 7.11 Å². The molecular weight excluding hydrogens is 264 g/mol. The zero-order chi connectivity index (χ0) is 14.8. The highest BCUT2D eigenvalue weighted by Gasteiger charge is 2.08. The molecule has 21 heavy (non-hydrogen) atoms. The molecule has 4 heteroatoms. The van der Waals surface area contributed by atoms with Gasteiger partial charge >= 0.3 is 0 Å². The van der Waals surface area contributed by atoms with E-state index in [2.05, 4.69) is 16.0 Å². The molecule has 0 radical (unpaired) electrons. The lowest BCUT2D eigenvalue weighted by molar-refractivity contribution is 0.415. The Bertz CT molecular complexity index is 800. The first-order valence-corrected chi connectivity index (χ1v) is 6.71. The summed E-state index contributed by atoms with van der Waals surface area (Å²) < 4.78 is 11.2. The highest BCUT2D eigenvalue weighted by Crippen LogP contribution is 2.31. The lowest BCUT2D eigenvalue weighted by Gasteiger charge is -2.10.